The number of hydrogen-bond acceptors (Lipinski definition) is 5. The molecule has 0 unspecified atom stereocenters. The van der Waals surface area contributed by atoms with Crippen molar-refractivity contribution in [3.63, 3.8) is 0 Å². The molecular weight excluding hydrogens is 339 g/mol. The highest BCUT2D eigenvalue weighted by Gasteiger charge is 2.05. The van der Waals surface area contributed by atoms with E-state index in [4.69, 9.17) is 14.3 Å². The highest BCUT2D eigenvalue weighted by molar-refractivity contribution is 5.79. The molecule has 0 aliphatic rings. The van der Waals surface area contributed by atoms with Gasteiger partial charge in [0.1, 0.15) is 5.82 Å². The van der Waals surface area contributed by atoms with Gasteiger partial charge in [-0.15, -0.1) is 0 Å². The Labute approximate surface area is 151 Å². The van der Waals surface area contributed by atoms with Crippen LogP contribution in [0.5, 0.6) is 11.5 Å². The fourth-order valence-electron chi connectivity index (χ4n) is 2.21. The van der Waals surface area contributed by atoms with E-state index in [1.807, 2.05) is 18.2 Å². The minimum Gasteiger partial charge on any atom is -0.493 e. The lowest BCUT2D eigenvalue weighted by atomic mass is 10.1. The summed E-state index contributed by atoms with van der Waals surface area (Å²) in [5.41, 5.74) is 1.56. The molecular formula is C19H21FN2O4. The van der Waals surface area contributed by atoms with Crippen LogP contribution in [0.25, 0.3) is 0 Å². The molecule has 0 fully saturated rings. The summed E-state index contributed by atoms with van der Waals surface area (Å²) in [6.07, 6.45) is 1.98. The first-order valence-electron chi connectivity index (χ1n) is 8.01. The molecule has 0 heterocycles. The number of hydrogen-bond donors (Lipinski definition) is 1. The van der Waals surface area contributed by atoms with E-state index in [-0.39, 0.29) is 18.3 Å². The smallest absolute Gasteiger partial charge is 0.260 e. The van der Waals surface area contributed by atoms with Gasteiger partial charge in [-0.25, -0.2) is 4.39 Å². The fraction of sp³-hybridized carbons (Fsp3) is 0.263. The van der Waals surface area contributed by atoms with Gasteiger partial charge in [0.25, 0.3) is 5.91 Å². The predicted molar refractivity (Wildman–Crippen MR) is 96.2 cm³/mol. The summed E-state index contributed by atoms with van der Waals surface area (Å²) in [7, 11) is 3.15. The number of carbonyl (C=O) groups excluding carboxylic acids is 1. The highest BCUT2D eigenvalue weighted by Crippen LogP contribution is 2.27. The van der Waals surface area contributed by atoms with E-state index >= 15 is 0 Å². The van der Waals surface area contributed by atoms with Gasteiger partial charge in [-0.1, -0.05) is 23.4 Å². The molecule has 0 saturated carbocycles. The van der Waals surface area contributed by atoms with Crippen LogP contribution in [0.15, 0.2) is 47.6 Å². The maximum atomic E-state index is 13.0. The number of rotatable bonds is 9. The van der Waals surface area contributed by atoms with E-state index in [1.165, 1.54) is 18.3 Å². The van der Waals surface area contributed by atoms with Gasteiger partial charge >= 0.3 is 0 Å². The average Bonchev–Trinajstić information content (AvgIpc) is 2.65. The Morgan fingerprint density at radius 3 is 2.69 bits per heavy atom. The molecule has 138 valence electrons. The fourth-order valence-corrected chi connectivity index (χ4v) is 2.21. The zero-order valence-electron chi connectivity index (χ0n) is 14.7. The van der Waals surface area contributed by atoms with Crippen molar-refractivity contribution in [1.82, 2.24) is 5.32 Å². The van der Waals surface area contributed by atoms with E-state index in [2.05, 4.69) is 10.5 Å². The summed E-state index contributed by atoms with van der Waals surface area (Å²) in [5.74, 6) is 0.653. The molecule has 1 N–H and O–H groups in total. The van der Waals surface area contributed by atoms with Crippen molar-refractivity contribution in [3.8, 4) is 11.5 Å². The number of nitrogens with one attached hydrogen (secondary N) is 1. The standard InChI is InChI=1S/C19H21FN2O4/c1-24-17-7-6-14(11-18(17)25-2)8-9-21-19(23)13-26-22-12-15-4-3-5-16(20)10-15/h3-7,10-12H,8-9,13H2,1-2H3,(H,21,23)/b22-12-. The largest absolute Gasteiger partial charge is 0.493 e. The lowest BCUT2D eigenvalue weighted by Crippen LogP contribution is -2.28. The summed E-state index contributed by atoms with van der Waals surface area (Å²) >= 11 is 0. The average molecular weight is 360 g/mol. The van der Waals surface area contributed by atoms with Gasteiger partial charge in [0.15, 0.2) is 18.1 Å². The van der Waals surface area contributed by atoms with Crippen molar-refractivity contribution in [1.29, 1.82) is 0 Å². The lowest BCUT2D eigenvalue weighted by molar-refractivity contribution is -0.125. The van der Waals surface area contributed by atoms with Crippen LogP contribution in [-0.2, 0) is 16.1 Å². The number of ether oxygens (including phenoxy) is 2. The van der Waals surface area contributed by atoms with E-state index in [1.54, 1.807) is 26.4 Å². The Kier molecular flexibility index (Phi) is 7.42. The SMILES string of the molecule is COc1ccc(CCNC(=O)CO/N=C\c2cccc(F)c2)cc1OC. The Morgan fingerprint density at radius 1 is 1.15 bits per heavy atom. The molecule has 0 aromatic heterocycles. The van der Waals surface area contributed by atoms with Crippen LogP contribution in [0.2, 0.25) is 0 Å². The number of methoxy groups -OCH3 is 2. The van der Waals surface area contributed by atoms with Crippen molar-refractivity contribution in [2.45, 2.75) is 6.42 Å². The van der Waals surface area contributed by atoms with Crippen molar-refractivity contribution in [2.24, 2.45) is 5.16 Å². The third-order valence-corrected chi connectivity index (χ3v) is 3.50. The maximum Gasteiger partial charge on any atom is 0.260 e. The van der Waals surface area contributed by atoms with Crippen LogP contribution in [0.3, 0.4) is 0 Å². The van der Waals surface area contributed by atoms with Crippen molar-refractivity contribution >= 4 is 12.1 Å². The molecule has 0 aliphatic carbocycles. The van der Waals surface area contributed by atoms with Crippen molar-refractivity contribution in [3.05, 3.63) is 59.4 Å². The molecule has 0 radical (unpaired) electrons. The Hall–Kier alpha value is -3.09. The molecule has 2 rings (SSSR count). The Bertz CT molecular complexity index is 765. The second-order valence-corrected chi connectivity index (χ2v) is 5.35. The van der Waals surface area contributed by atoms with E-state index in [0.717, 1.165) is 5.56 Å². The quantitative estimate of drug-likeness (QED) is 0.551. The second kappa shape index (κ2) is 10.0. The summed E-state index contributed by atoms with van der Waals surface area (Å²) in [6, 6.07) is 11.5. The third-order valence-electron chi connectivity index (χ3n) is 3.50. The predicted octanol–water partition coefficient (Wildman–Crippen LogP) is 2.55. The van der Waals surface area contributed by atoms with Crippen LogP contribution >= 0.6 is 0 Å². The number of amides is 1. The van der Waals surface area contributed by atoms with Gasteiger partial charge in [-0.2, -0.15) is 0 Å². The second-order valence-electron chi connectivity index (χ2n) is 5.35. The van der Waals surface area contributed by atoms with Crippen LogP contribution in [0.4, 0.5) is 4.39 Å². The molecule has 2 aromatic carbocycles. The van der Waals surface area contributed by atoms with Crippen molar-refractivity contribution < 1.29 is 23.5 Å². The summed E-state index contributed by atoms with van der Waals surface area (Å²) in [4.78, 5) is 16.6. The Morgan fingerprint density at radius 2 is 1.96 bits per heavy atom. The highest BCUT2D eigenvalue weighted by atomic mass is 19.1. The first kappa shape index (κ1) is 19.2. The molecule has 0 saturated heterocycles. The molecule has 7 heteroatoms. The molecule has 0 atom stereocenters. The molecule has 6 nitrogen and oxygen atoms in total. The van der Waals surface area contributed by atoms with Gasteiger partial charge in [0, 0.05) is 6.54 Å². The molecule has 1 amide bonds. The Balaban J connectivity index is 1.70. The number of halogens is 1. The first-order valence-corrected chi connectivity index (χ1v) is 8.01. The minimum atomic E-state index is -0.359. The normalized spacial score (nSPS) is 10.6. The number of oxime groups is 1. The maximum absolute atomic E-state index is 13.0. The van der Waals surface area contributed by atoms with E-state index in [0.29, 0.717) is 30.0 Å². The van der Waals surface area contributed by atoms with Crippen LogP contribution in [-0.4, -0.2) is 39.5 Å². The van der Waals surface area contributed by atoms with Crippen LogP contribution in [0, 0.1) is 5.82 Å². The van der Waals surface area contributed by atoms with Crippen LogP contribution in [0.1, 0.15) is 11.1 Å². The van der Waals surface area contributed by atoms with Gasteiger partial charge in [0.2, 0.25) is 0 Å². The van der Waals surface area contributed by atoms with E-state index in [9.17, 15) is 9.18 Å². The van der Waals surface area contributed by atoms with Gasteiger partial charge in [-0.05, 0) is 41.8 Å². The number of carbonyl (C=O) groups is 1. The van der Waals surface area contributed by atoms with Crippen LogP contribution < -0.4 is 14.8 Å². The summed E-state index contributed by atoms with van der Waals surface area (Å²) in [6.45, 7) is 0.239. The summed E-state index contributed by atoms with van der Waals surface area (Å²) < 4.78 is 23.4. The molecule has 26 heavy (non-hydrogen) atoms. The monoisotopic (exact) mass is 360 g/mol. The zero-order chi connectivity index (χ0) is 18.8. The van der Waals surface area contributed by atoms with Gasteiger partial charge in [0.05, 0.1) is 20.4 Å². The lowest BCUT2D eigenvalue weighted by Gasteiger charge is -2.10. The first-order chi connectivity index (χ1) is 12.6. The number of benzene rings is 2. The molecule has 2 aromatic rings. The topological polar surface area (TPSA) is 69.2 Å². The zero-order valence-corrected chi connectivity index (χ0v) is 14.7. The van der Waals surface area contributed by atoms with Gasteiger partial charge < -0.3 is 19.6 Å². The molecule has 0 spiro atoms. The van der Waals surface area contributed by atoms with Gasteiger partial charge in [-0.3, -0.25) is 4.79 Å². The third kappa shape index (κ3) is 6.08. The molecule has 0 aliphatic heterocycles. The summed E-state index contributed by atoms with van der Waals surface area (Å²) in [5, 5.41) is 6.38. The number of nitrogens with zero attached hydrogens (tertiary/aromatic N) is 1. The van der Waals surface area contributed by atoms with E-state index < -0.39 is 0 Å². The minimum absolute atomic E-state index is 0.211. The van der Waals surface area contributed by atoms with Crippen molar-refractivity contribution in [2.75, 3.05) is 27.4 Å². The molecule has 0 bridgehead atoms.